The molecule has 0 atom stereocenters. The van der Waals surface area contributed by atoms with Crippen LogP contribution in [0.3, 0.4) is 0 Å². The number of nitriles is 1. The molecule has 7 heteroatoms. The number of urea groups is 1. The van der Waals surface area contributed by atoms with E-state index in [4.69, 9.17) is 10.00 Å². The Morgan fingerprint density at radius 2 is 2.04 bits per heavy atom. The van der Waals surface area contributed by atoms with Crippen molar-refractivity contribution in [2.75, 3.05) is 4.90 Å². The molecule has 1 fully saturated rings. The lowest BCUT2D eigenvalue weighted by Gasteiger charge is -2.16. The molecule has 1 aromatic heterocycles. The molecule has 0 spiro atoms. The zero-order valence-corrected chi connectivity index (χ0v) is 14.7. The average Bonchev–Trinajstić information content (AvgIpc) is 2.83. The Hall–Kier alpha value is -3.40. The van der Waals surface area contributed by atoms with Gasteiger partial charge >= 0.3 is 6.03 Å². The number of carbonyl (C=O) groups is 2. The minimum atomic E-state index is -0.940. The van der Waals surface area contributed by atoms with Crippen LogP contribution in [0.4, 0.5) is 10.5 Å². The molecule has 0 saturated carbocycles. The Balaban J connectivity index is 1.82. The van der Waals surface area contributed by atoms with Gasteiger partial charge in [0.15, 0.2) is 0 Å². The van der Waals surface area contributed by atoms with Crippen LogP contribution in [-0.4, -0.2) is 22.5 Å². The number of ether oxygens (including phenoxy) is 1. The normalized spacial score (nSPS) is 15.5. The van der Waals surface area contributed by atoms with Gasteiger partial charge in [0.2, 0.25) is 5.88 Å². The fraction of sp³-hybridized carbons (Fsp3) is 0.263. The number of aromatic nitrogens is 1. The number of hydrogen-bond acceptors (Lipinski definition) is 5. The molecule has 0 aliphatic carbocycles. The molecule has 1 aliphatic rings. The third kappa shape index (κ3) is 3.09. The number of pyridine rings is 1. The number of amides is 3. The summed E-state index contributed by atoms with van der Waals surface area (Å²) in [5.41, 5.74) is 0.899. The number of imide groups is 1. The SMILES string of the molecule is CCc1cc(C#N)ccc1Oc1ccc(N2C(=O)NC(C)(C)C2=O)cn1. The highest BCUT2D eigenvalue weighted by Crippen LogP contribution is 2.28. The number of rotatable bonds is 4. The molecule has 0 radical (unpaired) electrons. The number of aryl methyl sites for hydroxylation is 1. The molecule has 0 unspecified atom stereocenters. The van der Waals surface area contributed by atoms with Crippen molar-refractivity contribution in [1.82, 2.24) is 10.3 Å². The van der Waals surface area contributed by atoms with Gasteiger partial charge in [0, 0.05) is 6.07 Å². The second kappa shape index (κ2) is 6.48. The monoisotopic (exact) mass is 350 g/mol. The molecular formula is C19H18N4O3. The molecule has 1 aliphatic heterocycles. The van der Waals surface area contributed by atoms with E-state index in [-0.39, 0.29) is 5.91 Å². The fourth-order valence-corrected chi connectivity index (χ4v) is 2.69. The highest BCUT2D eigenvalue weighted by Gasteiger charge is 2.45. The quantitative estimate of drug-likeness (QED) is 0.855. The van der Waals surface area contributed by atoms with Crippen LogP contribution in [0, 0.1) is 11.3 Å². The maximum Gasteiger partial charge on any atom is 0.329 e. The summed E-state index contributed by atoms with van der Waals surface area (Å²) in [4.78, 5) is 29.6. The standard InChI is InChI=1S/C19H18N4O3/c1-4-13-9-12(10-20)5-7-15(13)26-16-8-6-14(11-21-16)23-17(24)19(2,3)22-18(23)25/h5-9,11H,4H2,1-3H3,(H,22,25). The Bertz CT molecular complexity index is 913. The van der Waals surface area contributed by atoms with Crippen molar-refractivity contribution < 1.29 is 14.3 Å². The van der Waals surface area contributed by atoms with Gasteiger partial charge in [0.25, 0.3) is 5.91 Å². The molecule has 26 heavy (non-hydrogen) atoms. The Morgan fingerprint density at radius 3 is 2.58 bits per heavy atom. The summed E-state index contributed by atoms with van der Waals surface area (Å²) in [6.45, 7) is 5.27. The minimum Gasteiger partial charge on any atom is -0.439 e. The van der Waals surface area contributed by atoms with Gasteiger partial charge in [-0.05, 0) is 50.1 Å². The Labute approximate surface area is 151 Å². The topological polar surface area (TPSA) is 95.3 Å². The lowest BCUT2D eigenvalue weighted by atomic mass is 10.1. The van der Waals surface area contributed by atoms with E-state index in [0.29, 0.717) is 29.3 Å². The van der Waals surface area contributed by atoms with Crippen molar-refractivity contribution in [1.29, 1.82) is 5.26 Å². The van der Waals surface area contributed by atoms with Crippen LogP contribution in [0.1, 0.15) is 31.9 Å². The molecule has 1 N–H and O–H groups in total. The van der Waals surface area contributed by atoms with E-state index >= 15 is 0 Å². The van der Waals surface area contributed by atoms with E-state index in [9.17, 15) is 9.59 Å². The van der Waals surface area contributed by atoms with Crippen molar-refractivity contribution in [3.05, 3.63) is 47.7 Å². The summed E-state index contributed by atoms with van der Waals surface area (Å²) < 4.78 is 5.79. The van der Waals surface area contributed by atoms with Crippen LogP contribution < -0.4 is 15.0 Å². The molecule has 2 heterocycles. The largest absolute Gasteiger partial charge is 0.439 e. The predicted octanol–water partition coefficient (Wildman–Crippen LogP) is 3.14. The number of nitrogens with zero attached hydrogens (tertiary/aromatic N) is 3. The van der Waals surface area contributed by atoms with Gasteiger partial charge in [0.05, 0.1) is 23.5 Å². The smallest absolute Gasteiger partial charge is 0.329 e. The molecule has 0 bridgehead atoms. The maximum absolute atomic E-state index is 12.3. The fourth-order valence-electron chi connectivity index (χ4n) is 2.69. The number of benzene rings is 1. The van der Waals surface area contributed by atoms with Gasteiger partial charge in [-0.1, -0.05) is 6.92 Å². The summed E-state index contributed by atoms with van der Waals surface area (Å²) >= 11 is 0. The first-order chi connectivity index (χ1) is 12.4. The number of anilines is 1. The molecule has 3 rings (SSSR count). The van der Waals surface area contributed by atoms with Gasteiger partial charge < -0.3 is 10.1 Å². The Kier molecular flexibility index (Phi) is 4.34. The highest BCUT2D eigenvalue weighted by atomic mass is 16.5. The van der Waals surface area contributed by atoms with Crippen LogP contribution in [-0.2, 0) is 11.2 Å². The first kappa shape index (κ1) is 17.4. The molecular weight excluding hydrogens is 332 g/mol. The summed E-state index contributed by atoms with van der Waals surface area (Å²) in [5.74, 6) is 0.612. The van der Waals surface area contributed by atoms with Gasteiger partial charge in [0.1, 0.15) is 11.3 Å². The van der Waals surface area contributed by atoms with E-state index < -0.39 is 11.6 Å². The van der Waals surface area contributed by atoms with Crippen LogP contribution >= 0.6 is 0 Å². The van der Waals surface area contributed by atoms with Crippen LogP contribution in [0.15, 0.2) is 36.5 Å². The number of hydrogen-bond donors (Lipinski definition) is 1. The molecule has 3 amide bonds. The molecule has 1 aromatic carbocycles. The summed E-state index contributed by atoms with van der Waals surface area (Å²) in [6, 6.07) is 10.0. The van der Waals surface area contributed by atoms with Crippen LogP contribution in [0.25, 0.3) is 0 Å². The first-order valence-electron chi connectivity index (χ1n) is 8.19. The summed E-state index contributed by atoms with van der Waals surface area (Å²) in [7, 11) is 0. The first-order valence-corrected chi connectivity index (χ1v) is 8.19. The predicted molar refractivity (Wildman–Crippen MR) is 94.9 cm³/mol. The van der Waals surface area contributed by atoms with Gasteiger partial charge in [-0.2, -0.15) is 5.26 Å². The highest BCUT2D eigenvalue weighted by molar-refractivity contribution is 6.22. The summed E-state index contributed by atoms with van der Waals surface area (Å²) in [6.07, 6.45) is 2.13. The minimum absolute atomic E-state index is 0.333. The van der Waals surface area contributed by atoms with Gasteiger partial charge in [-0.25, -0.2) is 14.7 Å². The van der Waals surface area contributed by atoms with Crippen LogP contribution in [0.2, 0.25) is 0 Å². The van der Waals surface area contributed by atoms with E-state index in [2.05, 4.69) is 16.4 Å². The zero-order chi connectivity index (χ0) is 18.9. The van der Waals surface area contributed by atoms with Crippen molar-refractivity contribution in [2.45, 2.75) is 32.7 Å². The molecule has 132 valence electrons. The summed E-state index contributed by atoms with van der Waals surface area (Å²) in [5, 5.41) is 11.6. The van der Waals surface area contributed by atoms with Crippen molar-refractivity contribution in [2.24, 2.45) is 0 Å². The Morgan fingerprint density at radius 1 is 1.27 bits per heavy atom. The number of carbonyl (C=O) groups excluding carboxylic acids is 2. The average molecular weight is 350 g/mol. The molecule has 7 nitrogen and oxygen atoms in total. The second-order valence-corrected chi connectivity index (χ2v) is 6.44. The zero-order valence-electron chi connectivity index (χ0n) is 14.7. The third-order valence-electron chi connectivity index (χ3n) is 4.12. The second-order valence-electron chi connectivity index (χ2n) is 6.44. The van der Waals surface area contributed by atoms with E-state index in [1.807, 2.05) is 6.92 Å². The van der Waals surface area contributed by atoms with Crippen molar-refractivity contribution in [3.8, 4) is 17.7 Å². The lowest BCUT2D eigenvalue weighted by Crippen LogP contribution is -2.40. The van der Waals surface area contributed by atoms with E-state index in [1.54, 1.807) is 44.2 Å². The number of nitrogens with one attached hydrogen (secondary N) is 1. The maximum atomic E-state index is 12.3. The molecule has 2 aromatic rings. The van der Waals surface area contributed by atoms with Gasteiger partial charge in [-0.15, -0.1) is 0 Å². The lowest BCUT2D eigenvalue weighted by molar-refractivity contribution is -0.121. The molecule has 1 saturated heterocycles. The van der Waals surface area contributed by atoms with E-state index in [0.717, 1.165) is 10.5 Å². The van der Waals surface area contributed by atoms with Crippen LogP contribution in [0.5, 0.6) is 11.6 Å². The van der Waals surface area contributed by atoms with E-state index in [1.165, 1.54) is 6.20 Å². The van der Waals surface area contributed by atoms with Crippen molar-refractivity contribution in [3.63, 3.8) is 0 Å². The third-order valence-corrected chi connectivity index (χ3v) is 4.12. The van der Waals surface area contributed by atoms with Gasteiger partial charge in [-0.3, -0.25) is 4.79 Å². The van der Waals surface area contributed by atoms with Crippen molar-refractivity contribution >= 4 is 17.6 Å².